The van der Waals surface area contributed by atoms with Crippen LogP contribution >= 0.6 is 23.2 Å². The number of nitrogens with one attached hydrogen (secondary N) is 1. The van der Waals surface area contributed by atoms with E-state index in [1.165, 1.54) is 0 Å². The maximum atomic E-state index is 10.3. The molecule has 1 heterocycles. The number of hydrogen-bond acceptors (Lipinski definition) is 4. The minimum atomic E-state index is -0.603. The molecule has 2 aromatic carbocycles. The van der Waals surface area contributed by atoms with E-state index in [9.17, 15) is 5.11 Å². The molecule has 2 aromatic rings. The zero-order valence-corrected chi connectivity index (χ0v) is 16.6. The first-order valence-electron chi connectivity index (χ1n) is 9.25. The Hall–Kier alpha value is -1.14. The molecule has 1 aliphatic rings. The van der Waals surface area contributed by atoms with E-state index in [1.807, 2.05) is 48.5 Å². The van der Waals surface area contributed by atoms with Crippen LogP contribution in [0.25, 0.3) is 0 Å². The molecule has 0 aromatic heterocycles. The fourth-order valence-electron chi connectivity index (χ4n) is 3.14. The Balaban J connectivity index is 1.57. The van der Waals surface area contributed by atoms with Gasteiger partial charge in [0.05, 0.1) is 18.8 Å². The zero-order valence-electron chi connectivity index (χ0n) is 15.1. The van der Waals surface area contributed by atoms with Gasteiger partial charge in [0.15, 0.2) is 0 Å². The number of ether oxygens (including phenoxy) is 2. The minimum absolute atomic E-state index is 0.217. The van der Waals surface area contributed by atoms with Crippen molar-refractivity contribution in [2.45, 2.75) is 31.2 Å². The number of hydrogen-bond donors (Lipinski definition) is 2. The summed E-state index contributed by atoms with van der Waals surface area (Å²) >= 11 is 12.0. The van der Waals surface area contributed by atoms with Crippen molar-refractivity contribution in [2.24, 2.45) is 0 Å². The average Bonchev–Trinajstić information content (AvgIpc) is 3.18. The van der Waals surface area contributed by atoms with Crippen molar-refractivity contribution < 1.29 is 14.6 Å². The van der Waals surface area contributed by atoms with E-state index in [4.69, 9.17) is 32.7 Å². The quantitative estimate of drug-likeness (QED) is 0.650. The van der Waals surface area contributed by atoms with Gasteiger partial charge in [0.1, 0.15) is 6.10 Å². The summed E-state index contributed by atoms with van der Waals surface area (Å²) in [6, 6.07) is 15.1. The average molecular weight is 410 g/mol. The Morgan fingerprint density at radius 2 is 1.63 bits per heavy atom. The molecular weight excluding hydrogens is 385 g/mol. The number of aliphatic hydroxyl groups excluding tert-OH is 1. The molecule has 1 fully saturated rings. The highest BCUT2D eigenvalue weighted by atomic mass is 35.5. The van der Waals surface area contributed by atoms with E-state index in [1.54, 1.807) is 0 Å². The molecule has 0 aliphatic carbocycles. The highest BCUT2D eigenvalue weighted by Gasteiger charge is 2.18. The van der Waals surface area contributed by atoms with E-state index >= 15 is 0 Å². The molecule has 6 heteroatoms. The van der Waals surface area contributed by atoms with E-state index in [0.717, 1.165) is 37.1 Å². The van der Waals surface area contributed by atoms with Crippen LogP contribution in [0.1, 0.15) is 30.1 Å². The van der Waals surface area contributed by atoms with Gasteiger partial charge in [-0.25, -0.2) is 0 Å². The van der Waals surface area contributed by atoms with Gasteiger partial charge < -0.3 is 19.9 Å². The van der Waals surface area contributed by atoms with Crippen LogP contribution in [0.3, 0.4) is 0 Å². The van der Waals surface area contributed by atoms with Crippen molar-refractivity contribution in [2.75, 3.05) is 26.3 Å². The van der Waals surface area contributed by atoms with Crippen molar-refractivity contribution in [3.05, 3.63) is 69.7 Å². The normalized spacial score (nSPS) is 18.1. The van der Waals surface area contributed by atoms with Crippen LogP contribution in [0.2, 0.25) is 10.0 Å². The van der Waals surface area contributed by atoms with Gasteiger partial charge in [-0.05, 0) is 48.2 Å². The van der Waals surface area contributed by atoms with Crippen molar-refractivity contribution >= 4 is 23.2 Å². The Morgan fingerprint density at radius 1 is 1.04 bits per heavy atom. The predicted octanol–water partition coefficient (Wildman–Crippen LogP) is 4.23. The summed E-state index contributed by atoms with van der Waals surface area (Å²) in [6.07, 6.45) is 1.55. The van der Waals surface area contributed by atoms with Crippen LogP contribution in [0.15, 0.2) is 48.5 Å². The molecule has 1 saturated heterocycles. The number of halogens is 2. The maximum Gasteiger partial charge on any atom is 0.108 e. The molecule has 2 atom stereocenters. The SMILES string of the molecule is O[C@H](CNC[C@H]1CCCO1)COC(c1ccc(Cl)cc1)c1ccc(Cl)cc1. The number of rotatable bonds is 9. The molecule has 146 valence electrons. The molecule has 4 nitrogen and oxygen atoms in total. The lowest BCUT2D eigenvalue weighted by Crippen LogP contribution is -2.35. The predicted molar refractivity (Wildman–Crippen MR) is 109 cm³/mol. The van der Waals surface area contributed by atoms with E-state index < -0.39 is 6.10 Å². The van der Waals surface area contributed by atoms with Crippen LogP contribution < -0.4 is 5.32 Å². The minimum Gasteiger partial charge on any atom is -0.389 e. The lowest BCUT2D eigenvalue weighted by atomic mass is 10.0. The molecular formula is C21H25Cl2NO3. The molecule has 0 bridgehead atoms. The molecule has 0 spiro atoms. The van der Waals surface area contributed by atoms with Gasteiger partial charge in [-0.15, -0.1) is 0 Å². The van der Waals surface area contributed by atoms with Crippen LogP contribution in [0, 0.1) is 0 Å². The Kier molecular flexibility index (Phi) is 7.94. The monoisotopic (exact) mass is 409 g/mol. The maximum absolute atomic E-state index is 10.3. The van der Waals surface area contributed by atoms with Crippen LogP contribution in [0.4, 0.5) is 0 Å². The second kappa shape index (κ2) is 10.4. The zero-order chi connectivity index (χ0) is 19.1. The largest absolute Gasteiger partial charge is 0.389 e. The molecule has 0 saturated carbocycles. The van der Waals surface area contributed by atoms with Crippen molar-refractivity contribution in [3.8, 4) is 0 Å². The number of aliphatic hydroxyl groups is 1. The summed E-state index contributed by atoms with van der Waals surface area (Å²) in [5, 5.41) is 14.9. The summed E-state index contributed by atoms with van der Waals surface area (Å²) in [5.74, 6) is 0. The molecule has 0 radical (unpaired) electrons. The van der Waals surface area contributed by atoms with Crippen LogP contribution in [-0.2, 0) is 9.47 Å². The second-order valence-corrected chi connectivity index (χ2v) is 7.64. The van der Waals surface area contributed by atoms with Gasteiger partial charge in [0.2, 0.25) is 0 Å². The lowest BCUT2D eigenvalue weighted by molar-refractivity contribution is 0.00518. The first kappa shape index (κ1) is 20.6. The van der Waals surface area contributed by atoms with E-state index in [-0.39, 0.29) is 18.8 Å². The van der Waals surface area contributed by atoms with Crippen molar-refractivity contribution in [1.82, 2.24) is 5.32 Å². The molecule has 2 N–H and O–H groups in total. The van der Waals surface area contributed by atoms with Gasteiger partial charge in [-0.3, -0.25) is 0 Å². The topological polar surface area (TPSA) is 50.7 Å². The Labute approximate surface area is 170 Å². The van der Waals surface area contributed by atoms with Gasteiger partial charge >= 0.3 is 0 Å². The highest BCUT2D eigenvalue weighted by Crippen LogP contribution is 2.28. The third kappa shape index (κ3) is 6.46. The van der Waals surface area contributed by atoms with Gasteiger partial charge in [-0.1, -0.05) is 47.5 Å². The van der Waals surface area contributed by atoms with E-state index in [0.29, 0.717) is 16.6 Å². The second-order valence-electron chi connectivity index (χ2n) is 6.76. The summed E-state index contributed by atoms with van der Waals surface area (Å²) in [5.41, 5.74) is 1.95. The standard InChI is InChI=1S/C21H25Cl2NO3/c22-17-7-3-15(4-8-17)21(16-5-9-18(23)10-6-16)27-14-19(25)12-24-13-20-2-1-11-26-20/h3-10,19-21,24-25H,1-2,11-14H2/t19-,20-/m1/s1. The van der Waals surface area contributed by atoms with Crippen molar-refractivity contribution in [3.63, 3.8) is 0 Å². The summed E-state index contributed by atoms with van der Waals surface area (Å²) in [4.78, 5) is 0. The fraction of sp³-hybridized carbons (Fsp3) is 0.429. The molecule has 1 aliphatic heterocycles. The van der Waals surface area contributed by atoms with Crippen LogP contribution in [0.5, 0.6) is 0 Å². The third-order valence-electron chi connectivity index (χ3n) is 4.58. The Bertz CT molecular complexity index is 642. The molecule has 0 unspecified atom stereocenters. The molecule has 3 rings (SSSR count). The van der Waals surface area contributed by atoms with Crippen LogP contribution in [-0.4, -0.2) is 43.6 Å². The van der Waals surface area contributed by atoms with E-state index in [2.05, 4.69) is 5.32 Å². The summed E-state index contributed by atoms with van der Waals surface area (Å²) < 4.78 is 11.6. The number of benzene rings is 2. The summed E-state index contributed by atoms with van der Waals surface area (Å²) in [6.45, 7) is 2.28. The van der Waals surface area contributed by atoms with Gasteiger partial charge in [0.25, 0.3) is 0 Å². The third-order valence-corrected chi connectivity index (χ3v) is 5.08. The fourth-order valence-corrected chi connectivity index (χ4v) is 3.39. The first-order chi connectivity index (χ1) is 13.1. The molecule has 27 heavy (non-hydrogen) atoms. The lowest BCUT2D eigenvalue weighted by Gasteiger charge is -2.22. The summed E-state index contributed by atoms with van der Waals surface area (Å²) in [7, 11) is 0. The molecule has 0 amide bonds. The first-order valence-corrected chi connectivity index (χ1v) is 10.0. The van der Waals surface area contributed by atoms with Gasteiger partial charge in [0, 0.05) is 29.7 Å². The highest BCUT2D eigenvalue weighted by molar-refractivity contribution is 6.30. The van der Waals surface area contributed by atoms with Gasteiger partial charge in [-0.2, -0.15) is 0 Å². The smallest absolute Gasteiger partial charge is 0.108 e. The Morgan fingerprint density at radius 3 is 2.15 bits per heavy atom. The van der Waals surface area contributed by atoms with Crippen molar-refractivity contribution in [1.29, 1.82) is 0 Å².